The molecule has 5 N–H and O–H groups in total. The molecule has 11 nitrogen and oxygen atoms in total. The van der Waals surface area contributed by atoms with Crippen molar-refractivity contribution in [2.45, 2.75) is 102 Å². The van der Waals surface area contributed by atoms with Gasteiger partial charge in [0.05, 0.1) is 24.3 Å². The summed E-state index contributed by atoms with van der Waals surface area (Å²) in [5.74, 6) is 0.939. The first-order valence-electron chi connectivity index (χ1n) is 19.8. The van der Waals surface area contributed by atoms with Crippen LogP contribution < -0.4 is 26.8 Å². The molecule has 1 aromatic carbocycles. The number of ether oxygens (including phenoxy) is 1. The van der Waals surface area contributed by atoms with Gasteiger partial charge in [0.15, 0.2) is 29.0 Å². The number of carbonyl (C=O) groups is 1. The molecule has 1 amide bonds. The van der Waals surface area contributed by atoms with Gasteiger partial charge in [-0.2, -0.15) is 4.98 Å². The van der Waals surface area contributed by atoms with E-state index in [1.54, 1.807) is 22.9 Å². The Bertz CT molecular complexity index is 1750. The Kier molecular flexibility index (Phi) is 13.7. The molecule has 13 heteroatoms. The number of anilines is 1. The number of halogens is 2. The minimum atomic E-state index is -0.872. The fraction of sp³-hybridized carbons (Fsp3) is 0.561. The zero-order valence-corrected chi connectivity index (χ0v) is 31.3. The van der Waals surface area contributed by atoms with Crippen molar-refractivity contribution in [2.75, 3.05) is 38.0 Å². The van der Waals surface area contributed by atoms with Crippen molar-refractivity contribution in [3.05, 3.63) is 88.3 Å². The van der Waals surface area contributed by atoms with E-state index in [0.29, 0.717) is 60.6 Å². The molecule has 292 valence electrons. The van der Waals surface area contributed by atoms with Crippen LogP contribution in [0.15, 0.2) is 65.5 Å². The van der Waals surface area contributed by atoms with E-state index >= 15 is 0 Å². The molecule has 1 saturated carbocycles. The Balaban J connectivity index is 1.000. The third kappa shape index (κ3) is 10.4. The molecule has 0 bridgehead atoms. The summed E-state index contributed by atoms with van der Waals surface area (Å²) in [7, 11) is 0. The van der Waals surface area contributed by atoms with E-state index in [-0.39, 0.29) is 42.0 Å². The molecule has 0 unspecified atom stereocenters. The van der Waals surface area contributed by atoms with Gasteiger partial charge in [-0.3, -0.25) is 19.7 Å². The topological polar surface area (TPSA) is 142 Å². The van der Waals surface area contributed by atoms with Crippen molar-refractivity contribution in [1.82, 2.24) is 24.7 Å². The summed E-state index contributed by atoms with van der Waals surface area (Å²) in [6.45, 7) is 7.57. The van der Waals surface area contributed by atoms with Gasteiger partial charge in [-0.1, -0.05) is 38.0 Å². The van der Waals surface area contributed by atoms with Crippen LogP contribution in [0.25, 0.3) is 0 Å². The molecule has 4 aliphatic rings. The van der Waals surface area contributed by atoms with Crippen LogP contribution in [-0.4, -0.2) is 69.9 Å². The fourth-order valence-electron chi connectivity index (χ4n) is 8.36. The molecule has 3 fully saturated rings. The van der Waals surface area contributed by atoms with Crippen molar-refractivity contribution in [3.63, 3.8) is 0 Å². The molecule has 54 heavy (non-hydrogen) atoms. The van der Waals surface area contributed by atoms with Gasteiger partial charge in [-0.25, -0.2) is 13.6 Å². The average Bonchev–Trinajstić information content (AvgIpc) is 3.18. The number of amidine groups is 1. The Morgan fingerprint density at radius 1 is 1.06 bits per heavy atom. The van der Waals surface area contributed by atoms with Crippen molar-refractivity contribution >= 4 is 17.6 Å². The second-order valence-corrected chi connectivity index (χ2v) is 15.4. The highest BCUT2D eigenvalue weighted by Crippen LogP contribution is 2.37. The summed E-state index contributed by atoms with van der Waals surface area (Å²) >= 11 is 0. The third-order valence-electron chi connectivity index (χ3n) is 11.6. The smallest absolute Gasteiger partial charge is 0.350 e. The summed E-state index contributed by atoms with van der Waals surface area (Å²) in [6.07, 6.45) is 20.0. The van der Waals surface area contributed by atoms with Crippen molar-refractivity contribution in [1.29, 1.82) is 5.41 Å². The first-order valence-corrected chi connectivity index (χ1v) is 19.8. The lowest BCUT2D eigenvalue weighted by Crippen LogP contribution is -2.49. The van der Waals surface area contributed by atoms with Crippen LogP contribution in [-0.2, 0) is 11.3 Å². The Hall–Kier alpha value is -4.36. The van der Waals surface area contributed by atoms with Gasteiger partial charge in [-0.05, 0) is 113 Å². The largest absolute Gasteiger partial charge is 0.450 e. The minimum absolute atomic E-state index is 0.0522. The van der Waals surface area contributed by atoms with E-state index in [9.17, 15) is 18.4 Å². The number of rotatable bonds is 15. The molecule has 1 aromatic heterocycles. The van der Waals surface area contributed by atoms with Gasteiger partial charge in [0, 0.05) is 38.1 Å². The molecule has 4 heterocycles. The van der Waals surface area contributed by atoms with E-state index in [0.717, 1.165) is 89.8 Å². The normalized spacial score (nSPS) is 21.2. The van der Waals surface area contributed by atoms with Crippen molar-refractivity contribution < 1.29 is 18.3 Å². The molecule has 3 aliphatic heterocycles. The number of hydrogen-bond acceptors (Lipinski definition) is 8. The highest BCUT2D eigenvalue weighted by Gasteiger charge is 2.29. The van der Waals surface area contributed by atoms with Crippen LogP contribution in [0.3, 0.4) is 0 Å². The van der Waals surface area contributed by atoms with E-state index in [2.05, 4.69) is 33.2 Å². The Morgan fingerprint density at radius 2 is 1.81 bits per heavy atom. The monoisotopic (exact) mass is 746 g/mol. The molecule has 0 spiro atoms. The lowest BCUT2D eigenvalue weighted by molar-refractivity contribution is -0.134. The summed E-state index contributed by atoms with van der Waals surface area (Å²) in [5, 5.41) is 14.0. The van der Waals surface area contributed by atoms with Gasteiger partial charge in [0.2, 0.25) is 5.91 Å². The van der Waals surface area contributed by atoms with Crippen LogP contribution >= 0.6 is 0 Å². The van der Waals surface area contributed by atoms with E-state index in [1.807, 2.05) is 11.0 Å². The highest BCUT2D eigenvalue weighted by molar-refractivity contribution is 5.78. The number of piperidine rings is 2. The molecule has 0 radical (unpaired) electrons. The number of fused-ring (bicyclic) bond motifs is 1. The zero-order chi connectivity index (χ0) is 38.0. The first-order chi connectivity index (χ1) is 26.2. The minimum Gasteiger partial charge on any atom is -0.450 e. The van der Waals surface area contributed by atoms with E-state index < -0.39 is 11.6 Å². The lowest BCUT2D eigenvalue weighted by atomic mass is 9.83. The lowest BCUT2D eigenvalue weighted by Gasteiger charge is -2.37. The number of allylic oxidation sites excluding steroid dienone is 3. The van der Waals surface area contributed by atoms with Crippen LogP contribution in [0.4, 0.5) is 14.6 Å². The average molecular weight is 747 g/mol. The van der Waals surface area contributed by atoms with Gasteiger partial charge < -0.3 is 26.0 Å². The van der Waals surface area contributed by atoms with Crippen molar-refractivity contribution in [3.8, 4) is 5.75 Å². The molecule has 1 aliphatic carbocycles. The number of amides is 1. The second-order valence-electron chi connectivity index (χ2n) is 15.4. The third-order valence-corrected chi connectivity index (χ3v) is 11.6. The second kappa shape index (κ2) is 18.8. The van der Waals surface area contributed by atoms with Gasteiger partial charge >= 0.3 is 5.69 Å². The molecule has 0 atom stereocenters. The quantitative estimate of drug-likeness (QED) is 0.0934. The van der Waals surface area contributed by atoms with Gasteiger partial charge in [-0.15, -0.1) is 0 Å². The predicted molar refractivity (Wildman–Crippen MR) is 207 cm³/mol. The SMILES string of the molecule is C=CC1=C(/C=C/C2CCN(C(=O)CN(Cc3ccc(F)c(F)c3)C3CCNCC3)CC2)Nc2nc(=O)n(C3CCC(CCCCCC(=N)N)CC3)cc2O1. The van der Waals surface area contributed by atoms with Gasteiger partial charge in [0.1, 0.15) is 0 Å². The van der Waals surface area contributed by atoms with Gasteiger partial charge in [0.25, 0.3) is 0 Å². The maximum absolute atomic E-state index is 14.0. The number of carbonyl (C=O) groups excluding carboxylic acids is 1. The highest BCUT2D eigenvalue weighted by atomic mass is 19.2. The fourth-order valence-corrected chi connectivity index (χ4v) is 8.36. The summed E-state index contributed by atoms with van der Waals surface area (Å²) in [5.41, 5.74) is 6.52. The molecule has 2 saturated heterocycles. The number of unbranched alkanes of at least 4 members (excludes halogenated alkanes) is 2. The van der Waals surface area contributed by atoms with E-state index in [4.69, 9.17) is 15.9 Å². The summed E-state index contributed by atoms with van der Waals surface area (Å²) in [4.78, 5) is 35.2. The van der Waals surface area contributed by atoms with Crippen LogP contribution in [0.2, 0.25) is 0 Å². The molecule has 2 aromatic rings. The number of hydrogen-bond donors (Lipinski definition) is 4. The molecular weight excluding hydrogens is 690 g/mol. The van der Waals surface area contributed by atoms with Crippen molar-refractivity contribution in [2.24, 2.45) is 17.6 Å². The Morgan fingerprint density at radius 3 is 2.52 bits per heavy atom. The number of nitrogens with one attached hydrogen (secondary N) is 3. The van der Waals surface area contributed by atoms with E-state index in [1.165, 1.54) is 12.5 Å². The van der Waals surface area contributed by atoms with Crippen LogP contribution in [0.1, 0.15) is 95.1 Å². The maximum atomic E-state index is 14.0. The maximum Gasteiger partial charge on any atom is 0.350 e. The summed E-state index contributed by atoms with van der Waals surface area (Å²) in [6, 6.07) is 4.25. The number of nitrogens with zero attached hydrogens (tertiary/aromatic N) is 4. The number of aromatic nitrogens is 2. The number of likely N-dealkylation sites (tertiary alicyclic amines) is 1. The number of nitrogens with two attached hydrogens (primary N) is 1. The van der Waals surface area contributed by atoms with Crippen LogP contribution in [0.5, 0.6) is 5.75 Å². The number of benzene rings is 1. The molecule has 6 rings (SSSR count). The zero-order valence-electron chi connectivity index (χ0n) is 31.3. The Labute approximate surface area is 317 Å². The first kappa shape index (κ1) is 39.3. The van der Waals surface area contributed by atoms with Crippen LogP contribution in [0, 0.1) is 28.9 Å². The summed E-state index contributed by atoms with van der Waals surface area (Å²) < 4.78 is 35.5. The molecular formula is C41H56F2N8O3. The predicted octanol–water partition coefficient (Wildman–Crippen LogP) is 6.39. The standard InChI is InChI=1S/C41H56F2N8O3/c1-2-36-35(47-40-37(54-36)26-51(41(53)48-40)32-12-8-28(9-13-32)6-4-3-5-7-38(44)45)15-11-29-18-22-49(23-19-29)39(52)27-50(31-16-20-46-21-17-31)25-30-10-14-33(42)34(43)24-30/h2,10-11,14-15,24,26,28-29,31-32,46H,1,3-9,12-13,16-23,25,27H2,(H3,44,45)(H,47,48,53)/b15-11+.